The van der Waals surface area contributed by atoms with Crippen molar-refractivity contribution in [3.05, 3.63) is 35.6 Å². The summed E-state index contributed by atoms with van der Waals surface area (Å²) in [6.45, 7) is 7.51. The summed E-state index contributed by atoms with van der Waals surface area (Å²) in [5.41, 5.74) is -1.63. The van der Waals surface area contributed by atoms with Crippen LogP contribution in [0.25, 0.3) is 0 Å². The molecule has 1 aromatic rings. The summed E-state index contributed by atoms with van der Waals surface area (Å²) in [4.78, 5) is 26.8. The maximum atomic E-state index is 13.8. The van der Waals surface area contributed by atoms with Crippen molar-refractivity contribution in [2.24, 2.45) is 0 Å². The number of carbonyl (C=O) groups is 2. The van der Waals surface area contributed by atoms with Gasteiger partial charge in [0.05, 0.1) is 6.61 Å². The van der Waals surface area contributed by atoms with E-state index in [0.29, 0.717) is 24.9 Å². The molecule has 1 aliphatic rings. The number of amides is 1. The number of ether oxygens (including phenoxy) is 2. The highest BCUT2D eigenvalue weighted by Crippen LogP contribution is 2.41. The normalized spacial score (nSPS) is 20.8. The van der Waals surface area contributed by atoms with Crippen molar-refractivity contribution in [2.75, 3.05) is 13.2 Å². The van der Waals surface area contributed by atoms with Gasteiger partial charge in [-0.1, -0.05) is 12.1 Å². The standard InChI is InChI=1S/C18H24FNO4/c1-5-23-15(21)18(13-8-6-9-14(19)12-13)10-7-11-20(18)16(22)24-17(2,3)4/h6,8-9,12H,5,7,10-11H2,1-4H3. The smallest absolute Gasteiger partial charge is 0.411 e. The summed E-state index contributed by atoms with van der Waals surface area (Å²) in [6, 6.07) is 5.74. The van der Waals surface area contributed by atoms with Gasteiger partial charge in [0, 0.05) is 6.54 Å². The minimum absolute atomic E-state index is 0.179. The van der Waals surface area contributed by atoms with Crippen molar-refractivity contribution in [1.29, 1.82) is 0 Å². The van der Waals surface area contributed by atoms with E-state index in [2.05, 4.69) is 0 Å². The highest BCUT2D eigenvalue weighted by Gasteiger charge is 2.53. The first-order chi connectivity index (χ1) is 11.2. The van der Waals surface area contributed by atoms with Gasteiger partial charge >= 0.3 is 12.1 Å². The first-order valence-corrected chi connectivity index (χ1v) is 8.14. The number of hydrogen-bond donors (Lipinski definition) is 0. The molecule has 132 valence electrons. The van der Waals surface area contributed by atoms with Crippen LogP contribution in [0.5, 0.6) is 0 Å². The van der Waals surface area contributed by atoms with Crippen LogP contribution in [0.2, 0.25) is 0 Å². The molecule has 0 spiro atoms. The van der Waals surface area contributed by atoms with E-state index in [9.17, 15) is 14.0 Å². The summed E-state index contributed by atoms with van der Waals surface area (Å²) >= 11 is 0. The number of halogens is 1. The van der Waals surface area contributed by atoms with Gasteiger partial charge in [-0.2, -0.15) is 0 Å². The third kappa shape index (κ3) is 3.52. The molecular formula is C18H24FNO4. The molecular weight excluding hydrogens is 313 g/mol. The van der Waals surface area contributed by atoms with Crippen LogP contribution >= 0.6 is 0 Å². The lowest BCUT2D eigenvalue weighted by Gasteiger charge is -2.37. The van der Waals surface area contributed by atoms with E-state index in [1.54, 1.807) is 33.8 Å². The predicted molar refractivity (Wildman–Crippen MR) is 86.9 cm³/mol. The molecule has 0 saturated carbocycles. The van der Waals surface area contributed by atoms with Crippen LogP contribution in [-0.2, 0) is 19.8 Å². The Morgan fingerprint density at radius 1 is 1.33 bits per heavy atom. The Morgan fingerprint density at radius 2 is 2.04 bits per heavy atom. The lowest BCUT2D eigenvalue weighted by Crippen LogP contribution is -2.52. The zero-order valence-corrected chi connectivity index (χ0v) is 14.6. The van der Waals surface area contributed by atoms with Crippen molar-refractivity contribution in [1.82, 2.24) is 4.90 Å². The average Bonchev–Trinajstić information content (AvgIpc) is 2.91. The molecule has 1 fully saturated rings. The summed E-state index contributed by atoms with van der Waals surface area (Å²) in [5, 5.41) is 0. The molecule has 0 N–H and O–H groups in total. The number of likely N-dealkylation sites (tertiary alicyclic amines) is 1. The Hall–Kier alpha value is -2.11. The summed E-state index contributed by atoms with van der Waals surface area (Å²) in [7, 11) is 0. The van der Waals surface area contributed by atoms with E-state index in [0.717, 1.165) is 0 Å². The molecule has 0 radical (unpaired) electrons. The van der Waals surface area contributed by atoms with Crippen molar-refractivity contribution in [2.45, 2.75) is 51.7 Å². The van der Waals surface area contributed by atoms with Crippen LogP contribution < -0.4 is 0 Å². The summed E-state index contributed by atoms with van der Waals surface area (Å²) in [6.07, 6.45) is 0.376. The van der Waals surface area contributed by atoms with Crippen LogP contribution in [0.1, 0.15) is 46.1 Å². The lowest BCUT2D eigenvalue weighted by atomic mass is 9.87. The predicted octanol–water partition coefficient (Wildman–Crippen LogP) is 3.62. The minimum atomic E-state index is -1.35. The molecule has 1 aliphatic heterocycles. The fourth-order valence-electron chi connectivity index (χ4n) is 3.01. The fraction of sp³-hybridized carbons (Fsp3) is 0.556. The van der Waals surface area contributed by atoms with Crippen LogP contribution in [0.3, 0.4) is 0 Å². The summed E-state index contributed by atoms with van der Waals surface area (Å²) in [5.74, 6) is -1.02. The highest BCUT2D eigenvalue weighted by atomic mass is 19.1. The number of benzene rings is 1. The molecule has 0 aliphatic carbocycles. The molecule has 2 rings (SSSR count). The molecule has 0 bridgehead atoms. The number of hydrogen-bond acceptors (Lipinski definition) is 4. The molecule has 1 saturated heterocycles. The Kier molecular flexibility index (Phi) is 5.16. The summed E-state index contributed by atoms with van der Waals surface area (Å²) < 4.78 is 24.4. The Balaban J connectivity index is 2.49. The first kappa shape index (κ1) is 18.2. The van der Waals surface area contributed by atoms with Crippen LogP contribution in [0, 0.1) is 5.82 Å². The molecule has 1 aromatic carbocycles. The molecule has 5 nitrogen and oxygen atoms in total. The Bertz CT molecular complexity index is 626. The van der Waals surface area contributed by atoms with Gasteiger partial charge in [0.15, 0.2) is 5.54 Å². The van der Waals surface area contributed by atoms with Crippen LogP contribution in [-0.4, -0.2) is 35.7 Å². The zero-order valence-electron chi connectivity index (χ0n) is 14.6. The third-order valence-corrected chi connectivity index (χ3v) is 3.91. The molecule has 0 aromatic heterocycles. The largest absolute Gasteiger partial charge is 0.464 e. The van der Waals surface area contributed by atoms with E-state index < -0.39 is 29.0 Å². The Labute approximate surface area is 141 Å². The second-order valence-corrected chi connectivity index (χ2v) is 6.83. The lowest BCUT2D eigenvalue weighted by molar-refractivity contribution is -0.156. The topological polar surface area (TPSA) is 55.8 Å². The maximum absolute atomic E-state index is 13.8. The van der Waals surface area contributed by atoms with Gasteiger partial charge in [0.25, 0.3) is 0 Å². The van der Waals surface area contributed by atoms with Crippen molar-refractivity contribution in [3.63, 3.8) is 0 Å². The fourth-order valence-corrected chi connectivity index (χ4v) is 3.01. The van der Waals surface area contributed by atoms with E-state index in [1.165, 1.54) is 23.1 Å². The maximum Gasteiger partial charge on any atom is 0.411 e. The van der Waals surface area contributed by atoms with Gasteiger partial charge in [0.2, 0.25) is 0 Å². The van der Waals surface area contributed by atoms with Crippen molar-refractivity contribution >= 4 is 12.1 Å². The van der Waals surface area contributed by atoms with E-state index in [-0.39, 0.29) is 6.61 Å². The van der Waals surface area contributed by atoms with E-state index in [4.69, 9.17) is 9.47 Å². The Morgan fingerprint density at radius 3 is 2.62 bits per heavy atom. The van der Waals surface area contributed by atoms with Gasteiger partial charge in [-0.15, -0.1) is 0 Å². The van der Waals surface area contributed by atoms with Gasteiger partial charge in [-0.3, -0.25) is 4.90 Å². The number of nitrogens with zero attached hydrogens (tertiary/aromatic N) is 1. The highest BCUT2D eigenvalue weighted by molar-refractivity contribution is 5.88. The number of carbonyl (C=O) groups excluding carboxylic acids is 2. The second-order valence-electron chi connectivity index (χ2n) is 6.83. The van der Waals surface area contributed by atoms with Crippen LogP contribution in [0.4, 0.5) is 9.18 Å². The molecule has 1 atom stereocenters. The quantitative estimate of drug-likeness (QED) is 0.791. The molecule has 24 heavy (non-hydrogen) atoms. The number of esters is 1. The third-order valence-electron chi connectivity index (χ3n) is 3.91. The van der Waals surface area contributed by atoms with Crippen LogP contribution in [0.15, 0.2) is 24.3 Å². The van der Waals surface area contributed by atoms with Gasteiger partial charge in [-0.25, -0.2) is 14.0 Å². The van der Waals surface area contributed by atoms with E-state index in [1.807, 2.05) is 0 Å². The molecule has 6 heteroatoms. The monoisotopic (exact) mass is 337 g/mol. The first-order valence-electron chi connectivity index (χ1n) is 8.14. The SMILES string of the molecule is CCOC(=O)C1(c2cccc(F)c2)CCCN1C(=O)OC(C)(C)C. The molecule has 1 amide bonds. The van der Waals surface area contributed by atoms with Gasteiger partial charge in [-0.05, 0) is 58.2 Å². The molecule has 1 heterocycles. The van der Waals surface area contributed by atoms with Gasteiger partial charge in [0.1, 0.15) is 11.4 Å². The zero-order chi connectivity index (χ0) is 18.0. The van der Waals surface area contributed by atoms with Gasteiger partial charge < -0.3 is 9.47 Å². The second kappa shape index (κ2) is 6.79. The average molecular weight is 337 g/mol. The van der Waals surface area contributed by atoms with Crippen molar-refractivity contribution < 1.29 is 23.5 Å². The minimum Gasteiger partial charge on any atom is -0.464 e. The van der Waals surface area contributed by atoms with E-state index >= 15 is 0 Å². The number of rotatable bonds is 3. The van der Waals surface area contributed by atoms with Crippen molar-refractivity contribution in [3.8, 4) is 0 Å². The molecule has 1 unspecified atom stereocenters.